The first-order chi connectivity index (χ1) is 14.8. The van der Waals surface area contributed by atoms with Gasteiger partial charge < -0.3 is 0 Å². The van der Waals surface area contributed by atoms with Gasteiger partial charge in [-0.25, -0.2) is 4.98 Å². The number of benzene rings is 3. The van der Waals surface area contributed by atoms with Crippen LogP contribution in [0.25, 0.3) is 33.0 Å². The van der Waals surface area contributed by atoms with Crippen LogP contribution >= 0.6 is 0 Å². The van der Waals surface area contributed by atoms with Gasteiger partial charge in [0.25, 0.3) is 0 Å². The Morgan fingerprint density at radius 2 is 1.19 bits per heavy atom. The Bertz CT molecular complexity index is 1370. The number of rotatable bonds is 5. The number of allylic oxidation sites excluding steroid dienone is 2. The molecule has 1 aromatic heterocycles. The summed E-state index contributed by atoms with van der Waals surface area (Å²) < 4.78 is 0. The molecule has 1 heterocycles. The van der Waals surface area contributed by atoms with Crippen LogP contribution < -0.4 is 0 Å². The lowest BCUT2D eigenvalue weighted by Crippen LogP contribution is -1.97. The number of hydrogen-bond donors (Lipinski definition) is 0. The number of aliphatic imine (C=N–C) groups is 2. The molecule has 0 radical (unpaired) electrons. The molecule has 0 saturated carbocycles. The largest absolute Gasteiger partial charge is 0.265 e. The first-order valence-corrected chi connectivity index (χ1v) is 10.2. The molecule has 4 aromatic rings. The topological polar surface area (TPSA) is 37.6 Å². The molecule has 0 N–H and O–H groups in total. The van der Waals surface area contributed by atoms with Crippen molar-refractivity contribution < 1.29 is 0 Å². The van der Waals surface area contributed by atoms with Crippen LogP contribution in [-0.4, -0.2) is 17.4 Å². The Morgan fingerprint density at radius 1 is 0.677 bits per heavy atom. The first kappa shape index (κ1) is 20.4. The van der Waals surface area contributed by atoms with Crippen molar-refractivity contribution in [2.45, 2.75) is 20.8 Å². The third kappa shape index (κ3) is 4.22. The predicted octanol–water partition coefficient (Wildman–Crippen LogP) is 7.93. The number of pyridine rings is 1. The van der Waals surface area contributed by atoms with E-state index in [1.165, 1.54) is 0 Å². The second-order valence-electron chi connectivity index (χ2n) is 7.96. The average molecular weight is 404 g/mol. The maximum absolute atomic E-state index is 4.88. The summed E-state index contributed by atoms with van der Waals surface area (Å²) in [5.74, 6) is 0. The molecular formula is C28H25N3. The van der Waals surface area contributed by atoms with Crippen molar-refractivity contribution in [2.24, 2.45) is 9.98 Å². The summed E-state index contributed by atoms with van der Waals surface area (Å²) in [6, 6.07) is 20.6. The van der Waals surface area contributed by atoms with Gasteiger partial charge in [-0.15, -0.1) is 0 Å². The van der Waals surface area contributed by atoms with Crippen LogP contribution in [0.4, 0.5) is 11.4 Å². The number of aromatic nitrogens is 1. The molecule has 3 nitrogen and oxygen atoms in total. The third-order valence-electron chi connectivity index (χ3n) is 5.40. The number of hydrogen-bond acceptors (Lipinski definition) is 3. The fraction of sp³-hybridized carbons (Fsp3) is 0.107. The van der Waals surface area contributed by atoms with Crippen LogP contribution in [0, 0.1) is 0 Å². The summed E-state index contributed by atoms with van der Waals surface area (Å²) in [6.45, 7) is 17.8. The predicted molar refractivity (Wildman–Crippen MR) is 136 cm³/mol. The van der Waals surface area contributed by atoms with Gasteiger partial charge in [-0.3, -0.25) is 9.98 Å². The van der Waals surface area contributed by atoms with Gasteiger partial charge in [0.2, 0.25) is 0 Å². The molecule has 0 amide bonds. The van der Waals surface area contributed by atoms with E-state index in [0.29, 0.717) is 0 Å². The highest BCUT2D eigenvalue weighted by atomic mass is 14.8. The zero-order valence-corrected chi connectivity index (χ0v) is 18.2. The van der Waals surface area contributed by atoms with E-state index in [1.807, 2.05) is 51.1 Å². The summed E-state index contributed by atoms with van der Waals surface area (Å²) in [7, 11) is 0. The minimum Gasteiger partial charge on any atom is -0.265 e. The number of nitrogens with zero attached hydrogens (tertiary/aromatic N) is 3. The van der Waals surface area contributed by atoms with E-state index in [-0.39, 0.29) is 0 Å². The van der Waals surface area contributed by atoms with E-state index >= 15 is 0 Å². The highest BCUT2D eigenvalue weighted by Gasteiger charge is 2.07. The van der Waals surface area contributed by atoms with Crippen molar-refractivity contribution in [3.05, 3.63) is 90.5 Å². The summed E-state index contributed by atoms with van der Waals surface area (Å²) in [5, 5.41) is 2.16. The van der Waals surface area contributed by atoms with Crippen LogP contribution in [0.5, 0.6) is 0 Å². The van der Waals surface area contributed by atoms with Crippen molar-refractivity contribution in [1.82, 2.24) is 4.98 Å². The zero-order chi connectivity index (χ0) is 22.1. The lowest BCUT2D eigenvalue weighted by atomic mass is 9.96. The van der Waals surface area contributed by atoms with Crippen LogP contribution in [-0.2, 0) is 0 Å². The average Bonchev–Trinajstić information content (AvgIpc) is 2.76. The van der Waals surface area contributed by atoms with E-state index in [1.54, 1.807) is 0 Å². The summed E-state index contributed by atoms with van der Waals surface area (Å²) in [6.07, 6.45) is 0. The van der Waals surface area contributed by atoms with Crippen LogP contribution in [0.1, 0.15) is 37.5 Å². The summed E-state index contributed by atoms with van der Waals surface area (Å²) in [5.41, 5.74) is 9.72. The van der Waals surface area contributed by atoms with Gasteiger partial charge in [0.05, 0.1) is 22.4 Å². The van der Waals surface area contributed by atoms with Gasteiger partial charge in [-0.1, -0.05) is 36.4 Å². The molecule has 0 unspecified atom stereocenters. The second-order valence-corrected chi connectivity index (χ2v) is 7.96. The third-order valence-corrected chi connectivity index (χ3v) is 5.40. The fourth-order valence-corrected chi connectivity index (χ4v) is 3.55. The van der Waals surface area contributed by atoms with Crippen molar-refractivity contribution in [3.63, 3.8) is 0 Å². The van der Waals surface area contributed by atoms with E-state index in [0.717, 1.165) is 66.7 Å². The lowest BCUT2D eigenvalue weighted by molar-refractivity contribution is 1.43. The molecule has 3 heteroatoms. The van der Waals surface area contributed by atoms with Crippen molar-refractivity contribution >= 4 is 56.8 Å². The maximum Gasteiger partial charge on any atom is 0.0731 e. The maximum atomic E-state index is 4.88. The fourth-order valence-electron chi connectivity index (χ4n) is 3.55. The minimum atomic E-state index is 0.815. The van der Waals surface area contributed by atoms with Crippen molar-refractivity contribution in [2.75, 3.05) is 0 Å². The molecule has 31 heavy (non-hydrogen) atoms. The van der Waals surface area contributed by atoms with Gasteiger partial charge in [-0.2, -0.15) is 0 Å². The van der Waals surface area contributed by atoms with E-state index in [4.69, 9.17) is 9.98 Å². The molecule has 0 aliphatic heterocycles. The molecule has 0 spiro atoms. The molecule has 0 fully saturated rings. The standard InChI is InChI=1S/C28H25N3/c1-17(2)22-12-23(18(3)4)14-24(13-22)19(5)30-26-10-8-21-11-20-7-9-25(29-6)15-27(20)31-28(21)16-26/h7-16H,1,3,6H2,2,4-5H3/b30-19-. The first-order valence-electron chi connectivity index (χ1n) is 10.2. The van der Waals surface area contributed by atoms with Crippen LogP contribution in [0.3, 0.4) is 0 Å². The van der Waals surface area contributed by atoms with Crippen molar-refractivity contribution in [1.29, 1.82) is 0 Å². The van der Waals surface area contributed by atoms with E-state index in [9.17, 15) is 0 Å². The molecule has 0 aliphatic carbocycles. The monoisotopic (exact) mass is 403 g/mol. The molecule has 3 aromatic carbocycles. The molecule has 0 bridgehead atoms. The molecule has 152 valence electrons. The Kier molecular flexibility index (Phi) is 5.35. The van der Waals surface area contributed by atoms with Gasteiger partial charge in [-0.05, 0) is 92.7 Å². The summed E-state index contributed by atoms with van der Waals surface area (Å²) >= 11 is 0. The zero-order valence-electron chi connectivity index (χ0n) is 18.2. The minimum absolute atomic E-state index is 0.815. The van der Waals surface area contributed by atoms with Gasteiger partial charge >= 0.3 is 0 Å². The molecule has 4 rings (SSSR count). The van der Waals surface area contributed by atoms with Crippen LogP contribution in [0.15, 0.2) is 83.8 Å². The smallest absolute Gasteiger partial charge is 0.0731 e. The second kappa shape index (κ2) is 8.11. The van der Waals surface area contributed by atoms with E-state index in [2.05, 4.69) is 55.2 Å². The molecule has 0 saturated heterocycles. The van der Waals surface area contributed by atoms with Crippen molar-refractivity contribution in [3.8, 4) is 0 Å². The Morgan fingerprint density at radius 3 is 1.74 bits per heavy atom. The van der Waals surface area contributed by atoms with Gasteiger partial charge in [0.15, 0.2) is 0 Å². The quantitative estimate of drug-likeness (QED) is 0.246. The SMILES string of the molecule is C=Nc1ccc2cc3ccc(/N=C(/C)c4cc(C(=C)C)cc(C(=C)C)c4)cc3nc2c1. The van der Waals surface area contributed by atoms with Crippen LogP contribution in [0.2, 0.25) is 0 Å². The van der Waals surface area contributed by atoms with E-state index < -0.39 is 0 Å². The highest BCUT2D eigenvalue weighted by molar-refractivity contribution is 6.02. The lowest BCUT2D eigenvalue weighted by Gasteiger charge is -2.10. The van der Waals surface area contributed by atoms with Gasteiger partial charge in [0, 0.05) is 16.5 Å². The Balaban J connectivity index is 1.79. The number of fused-ring (bicyclic) bond motifs is 2. The highest BCUT2D eigenvalue weighted by Crippen LogP contribution is 2.27. The molecule has 0 atom stereocenters. The summed E-state index contributed by atoms with van der Waals surface area (Å²) in [4.78, 5) is 13.7. The Labute approximate surface area is 183 Å². The Hall–Kier alpha value is -3.85. The molecular weight excluding hydrogens is 378 g/mol. The normalized spacial score (nSPS) is 11.6. The van der Waals surface area contributed by atoms with Gasteiger partial charge in [0.1, 0.15) is 0 Å². The molecule has 0 aliphatic rings.